The summed E-state index contributed by atoms with van der Waals surface area (Å²) < 4.78 is 1.15. The first kappa shape index (κ1) is 15.5. The SMILES string of the molecule is C[NH+](Cc1nc2sc3c(c2c(=O)[nH]1)CCC3)Cc1ccc(Br)s1. The van der Waals surface area contributed by atoms with Gasteiger partial charge < -0.3 is 9.88 Å². The third-order valence-electron chi connectivity index (χ3n) is 4.20. The maximum Gasteiger partial charge on any atom is 0.260 e. The van der Waals surface area contributed by atoms with E-state index < -0.39 is 0 Å². The molecule has 0 spiro atoms. The number of nitrogens with one attached hydrogen (secondary N) is 2. The number of thiophene rings is 2. The van der Waals surface area contributed by atoms with E-state index in [2.05, 4.69) is 40.1 Å². The van der Waals surface area contributed by atoms with E-state index in [0.717, 1.165) is 45.8 Å². The van der Waals surface area contributed by atoms with Crippen LogP contribution in [-0.4, -0.2) is 17.0 Å². The maximum absolute atomic E-state index is 12.5. The quantitative estimate of drug-likeness (QED) is 0.693. The molecule has 0 radical (unpaired) electrons. The van der Waals surface area contributed by atoms with Crippen LogP contribution in [0.4, 0.5) is 0 Å². The standard InChI is InChI=1S/C16H16BrN3OS2/c1-20(7-9-5-6-12(17)22-9)8-13-18-15(21)14-10-3-2-4-11(10)23-16(14)19-13/h5-6H,2-4,7-8H2,1H3,(H,18,19,21)/p+1. The first-order valence-corrected chi connectivity index (χ1v) is 10.1. The Bertz CT molecular complexity index is 927. The molecule has 0 saturated heterocycles. The van der Waals surface area contributed by atoms with Crippen LogP contribution in [0.15, 0.2) is 20.7 Å². The summed E-state index contributed by atoms with van der Waals surface area (Å²) in [7, 11) is 2.13. The highest BCUT2D eigenvalue weighted by Gasteiger charge is 2.21. The summed E-state index contributed by atoms with van der Waals surface area (Å²) in [5, 5.41) is 0.839. The van der Waals surface area contributed by atoms with Gasteiger partial charge in [-0.25, -0.2) is 4.98 Å². The Hall–Kier alpha value is -1.02. The minimum absolute atomic E-state index is 0.0380. The second kappa shape index (κ2) is 6.12. The van der Waals surface area contributed by atoms with Gasteiger partial charge in [-0.2, -0.15) is 0 Å². The Balaban J connectivity index is 1.58. The maximum atomic E-state index is 12.5. The summed E-state index contributed by atoms with van der Waals surface area (Å²) in [5.41, 5.74) is 1.28. The van der Waals surface area contributed by atoms with Gasteiger partial charge in [0.25, 0.3) is 5.56 Å². The number of rotatable bonds is 4. The van der Waals surface area contributed by atoms with E-state index >= 15 is 0 Å². The van der Waals surface area contributed by atoms with Gasteiger partial charge in [0, 0.05) is 4.88 Å². The molecule has 23 heavy (non-hydrogen) atoms. The summed E-state index contributed by atoms with van der Waals surface area (Å²) in [6.45, 7) is 1.65. The summed E-state index contributed by atoms with van der Waals surface area (Å²) in [5.74, 6) is 0.788. The molecule has 120 valence electrons. The summed E-state index contributed by atoms with van der Waals surface area (Å²) in [6.07, 6.45) is 3.29. The first-order chi connectivity index (χ1) is 11.1. The van der Waals surface area contributed by atoms with Crippen molar-refractivity contribution in [3.8, 4) is 0 Å². The molecule has 0 saturated carbocycles. The molecule has 1 aliphatic rings. The van der Waals surface area contributed by atoms with Crippen molar-refractivity contribution < 1.29 is 4.90 Å². The Morgan fingerprint density at radius 2 is 2.17 bits per heavy atom. The molecule has 7 heteroatoms. The van der Waals surface area contributed by atoms with Gasteiger partial charge in [-0.3, -0.25) is 4.79 Å². The van der Waals surface area contributed by atoms with Gasteiger partial charge >= 0.3 is 0 Å². The average Bonchev–Trinajstić information content (AvgIpc) is 3.14. The van der Waals surface area contributed by atoms with Crippen molar-refractivity contribution in [3.05, 3.63) is 47.4 Å². The Kier molecular flexibility index (Phi) is 4.13. The highest BCUT2D eigenvalue weighted by molar-refractivity contribution is 9.11. The fourth-order valence-corrected chi connectivity index (χ4v) is 6.10. The van der Waals surface area contributed by atoms with Gasteiger partial charge in [-0.15, -0.1) is 22.7 Å². The first-order valence-electron chi connectivity index (χ1n) is 7.69. The van der Waals surface area contributed by atoms with Crippen LogP contribution < -0.4 is 10.5 Å². The molecule has 3 aromatic rings. The lowest BCUT2D eigenvalue weighted by Crippen LogP contribution is -3.06. The minimum Gasteiger partial charge on any atom is -0.327 e. The van der Waals surface area contributed by atoms with Crippen LogP contribution in [0.25, 0.3) is 10.2 Å². The predicted octanol–water partition coefficient (Wildman–Crippen LogP) is 2.51. The number of aryl methyl sites for hydroxylation is 2. The van der Waals surface area contributed by atoms with Gasteiger partial charge in [0.15, 0.2) is 5.82 Å². The van der Waals surface area contributed by atoms with Crippen LogP contribution in [0.1, 0.15) is 27.6 Å². The lowest BCUT2D eigenvalue weighted by Gasteiger charge is -2.12. The third-order valence-corrected chi connectivity index (χ3v) is 7.01. The number of nitrogens with zero attached hydrogens (tertiary/aromatic N) is 1. The highest BCUT2D eigenvalue weighted by atomic mass is 79.9. The normalized spacial score (nSPS) is 15.2. The summed E-state index contributed by atoms with van der Waals surface area (Å²) in [4.78, 5) is 25.1. The van der Waals surface area contributed by atoms with Gasteiger partial charge in [0.05, 0.1) is 21.1 Å². The summed E-state index contributed by atoms with van der Waals surface area (Å²) in [6, 6.07) is 4.22. The lowest BCUT2D eigenvalue weighted by atomic mass is 10.2. The molecule has 0 fully saturated rings. The third kappa shape index (κ3) is 3.03. The van der Waals surface area contributed by atoms with Crippen molar-refractivity contribution in [2.45, 2.75) is 32.4 Å². The van der Waals surface area contributed by atoms with E-state index in [1.807, 2.05) is 0 Å². The van der Waals surface area contributed by atoms with Crippen molar-refractivity contribution in [3.63, 3.8) is 0 Å². The largest absolute Gasteiger partial charge is 0.327 e. The second-order valence-corrected chi connectivity index (χ2v) is 9.70. The summed E-state index contributed by atoms with van der Waals surface area (Å²) >= 11 is 6.96. The fourth-order valence-electron chi connectivity index (χ4n) is 3.22. The zero-order valence-corrected chi connectivity index (χ0v) is 16.0. The van der Waals surface area contributed by atoms with E-state index in [0.29, 0.717) is 0 Å². The molecule has 0 aromatic carbocycles. The minimum atomic E-state index is 0.0380. The molecule has 1 aliphatic carbocycles. The lowest BCUT2D eigenvalue weighted by molar-refractivity contribution is -0.908. The van der Waals surface area contributed by atoms with Gasteiger partial charge in [0.2, 0.25) is 0 Å². The number of hydrogen-bond acceptors (Lipinski definition) is 4. The Morgan fingerprint density at radius 1 is 1.30 bits per heavy atom. The molecule has 1 unspecified atom stereocenters. The smallest absolute Gasteiger partial charge is 0.260 e. The van der Waals surface area contributed by atoms with Crippen LogP contribution in [0.5, 0.6) is 0 Å². The molecule has 2 N–H and O–H groups in total. The highest BCUT2D eigenvalue weighted by Crippen LogP contribution is 2.34. The number of hydrogen-bond donors (Lipinski definition) is 2. The average molecular weight is 411 g/mol. The van der Waals surface area contributed by atoms with Crippen LogP contribution in [0.2, 0.25) is 0 Å². The molecular formula is C16H17BrN3OS2+. The number of aromatic nitrogens is 2. The molecule has 0 aliphatic heterocycles. The molecule has 0 bridgehead atoms. The topological polar surface area (TPSA) is 50.2 Å². The van der Waals surface area contributed by atoms with Crippen molar-refractivity contribution in [2.24, 2.45) is 0 Å². The molecule has 1 atom stereocenters. The van der Waals surface area contributed by atoms with Crippen molar-refractivity contribution in [2.75, 3.05) is 7.05 Å². The van der Waals surface area contributed by atoms with Gasteiger partial charge in [-0.1, -0.05) is 0 Å². The number of quaternary nitrogens is 1. The second-order valence-electron chi connectivity index (χ2n) is 6.07. The molecule has 3 aromatic heterocycles. The zero-order valence-electron chi connectivity index (χ0n) is 12.7. The molecule has 4 nitrogen and oxygen atoms in total. The monoisotopic (exact) mass is 410 g/mol. The van der Waals surface area contributed by atoms with Crippen molar-refractivity contribution in [1.29, 1.82) is 0 Å². The fraction of sp³-hybridized carbons (Fsp3) is 0.375. The number of H-pyrrole nitrogens is 1. The van der Waals surface area contributed by atoms with Crippen molar-refractivity contribution >= 4 is 48.8 Å². The number of aromatic amines is 1. The zero-order chi connectivity index (χ0) is 16.0. The predicted molar refractivity (Wildman–Crippen MR) is 98.6 cm³/mol. The van der Waals surface area contributed by atoms with E-state index in [-0.39, 0.29) is 5.56 Å². The molecule has 4 rings (SSSR count). The van der Waals surface area contributed by atoms with E-state index in [9.17, 15) is 4.79 Å². The Morgan fingerprint density at radius 3 is 2.96 bits per heavy atom. The van der Waals surface area contributed by atoms with E-state index in [1.54, 1.807) is 22.7 Å². The molecule has 0 amide bonds. The van der Waals surface area contributed by atoms with Crippen LogP contribution >= 0.6 is 38.6 Å². The van der Waals surface area contributed by atoms with Crippen molar-refractivity contribution in [1.82, 2.24) is 9.97 Å². The molecule has 3 heterocycles. The van der Waals surface area contributed by atoms with Crippen LogP contribution in [-0.2, 0) is 25.9 Å². The van der Waals surface area contributed by atoms with Gasteiger partial charge in [-0.05, 0) is 52.9 Å². The molecular weight excluding hydrogens is 394 g/mol. The van der Waals surface area contributed by atoms with Crippen LogP contribution in [0, 0.1) is 0 Å². The van der Waals surface area contributed by atoms with Gasteiger partial charge in [0.1, 0.15) is 17.9 Å². The van der Waals surface area contributed by atoms with Crippen LogP contribution in [0.3, 0.4) is 0 Å². The number of fused-ring (bicyclic) bond motifs is 3. The number of halogens is 1. The van der Waals surface area contributed by atoms with E-state index in [4.69, 9.17) is 4.98 Å². The Labute approximate surface area is 150 Å². The van der Waals surface area contributed by atoms with E-state index in [1.165, 1.54) is 26.6 Å².